The maximum absolute atomic E-state index is 10.7. The summed E-state index contributed by atoms with van der Waals surface area (Å²) in [5, 5.41) is 28.3. The van der Waals surface area contributed by atoms with Gasteiger partial charge in [0, 0.05) is 0 Å². The van der Waals surface area contributed by atoms with Crippen LogP contribution in [0, 0.1) is 10.1 Å². The molecule has 0 fully saturated rings. The Kier molecular flexibility index (Phi) is 4.84. The zero-order valence-electron chi connectivity index (χ0n) is 8.52. The van der Waals surface area contributed by atoms with Gasteiger partial charge in [0.15, 0.2) is 0 Å². The van der Waals surface area contributed by atoms with E-state index in [2.05, 4.69) is 0 Å². The van der Waals surface area contributed by atoms with E-state index in [1.54, 1.807) is 30.3 Å². The molecule has 0 bridgehead atoms. The van der Waals surface area contributed by atoms with Gasteiger partial charge in [-0.25, -0.2) is 0 Å². The summed E-state index contributed by atoms with van der Waals surface area (Å²) < 4.78 is 4.93. The quantitative estimate of drug-likeness (QED) is 0.415. The number of hydrogen-bond donors (Lipinski definition) is 2. The van der Waals surface area contributed by atoms with Crippen LogP contribution in [0.15, 0.2) is 30.3 Å². The van der Waals surface area contributed by atoms with Gasteiger partial charge in [-0.2, -0.15) is 0 Å². The maximum atomic E-state index is 10.7. The van der Waals surface area contributed by atoms with Gasteiger partial charge in [0.1, 0.15) is 6.10 Å². The average Bonchev–Trinajstić information content (AvgIpc) is 2.30. The first-order chi connectivity index (χ1) is 7.65. The van der Waals surface area contributed by atoms with Crippen molar-refractivity contribution in [2.75, 3.05) is 13.2 Å². The third-order valence-electron chi connectivity index (χ3n) is 1.93. The topological polar surface area (TPSA) is 92.8 Å². The van der Waals surface area contributed by atoms with Crippen molar-refractivity contribution in [1.29, 1.82) is 0 Å². The molecule has 2 atom stereocenters. The van der Waals surface area contributed by atoms with Crippen molar-refractivity contribution >= 4 is 0 Å². The van der Waals surface area contributed by atoms with Crippen LogP contribution in [0.2, 0.25) is 0 Å². The molecule has 0 aliphatic rings. The lowest BCUT2D eigenvalue weighted by atomic mass is 10.2. The van der Waals surface area contributed by atoms with E-state index in [0.29, 0.717) is 5.56 Å². The van der Waals surface area contributed by atoms with Crippen molar-refractivity contribution in [2.24, 2.45) is 0 Å². The van der Waals surface area contributed by atoms with Crippen LogP contribution in [-0.2, 0) is 4.74 Å². The summed E-state index contributed by atoms with van der Waals surface area (Å²) in [6.07, 6.45) is -2.42. The highest BCUT2D eigenvalue weighted by Gasteiger charge is 2.23. The minimum atomic E-state index is -1.32. The molecule has 0 amide bonds. The molecule has 0 heterocycles. The SMILES string of the molecule is O=[N+]([O-])C(OCC(O)CO)c1ccccc1. The molecule has 2 N–H and O–H groups in total. The molecule has 2 unspecified atom stereocenters. The monoisotopic (exact) mass is 227 g/mol. The van der Waals surface area contributed by atoms with Crippen molar-refractivity contribution < 1.29 is 19.9 Å². The number of aliphatic hydroxyl groups excluding tert-OH is 2. The molecule has 16 heavy (non-hydrogen) atoms. The highest BCUT2D eigenvalue weighted by molar-refractivity contribution is 5.15. The van der Waals surface area contributed by atoms with Crippen molar-refractivity contribution in [1.82, 2.24) is 0 Å². The predicted molar refractivity (Wildman–Crippen MR) is 55.2 cm³/mol. The summed E-state index contributed by atoms with van der Waals surface area (Å²) in [4.78, 5) is 10.2. The molecule has 0 spiro atoms. The average molecular weight is 227 g/mol. The number of benzene rings is 1. The van der Waals surface area contributed by atoms with Gasteiger partial charge >= 0.3 is 6.23 Å². The Balaban J connectivity index is 2.66. The second-order valence-corrected chi connectivity index (χ2v) is 3.22. The van der Waals surface area contributed by atoms with Crippen LogP contribution in [0.3, 0.4) is 0 Å². The third-order valence-corrected chi connectivity index (χ3v) is 1.93. The van der Waals surface area contributed by atoms with E-state index < -0.39 is 23.9 Å². The van der Waals surface area contributed by atoms with Gasteiger partial charge in [0.05, 0.1) is 23.7 Å². The number of rotatable bonds is 6. The third kappa shape index (κ3) is 3.58. The number of ether oxygens (including phenoxy) is 1. The minimum Gasteiger partial charge on any atom is -0.394 e. The summed E-state index contributed by atoms with van der Waals surface area (Å²) in [6, 6.07) is 8.20. The Bertz CT molecular complexity index is 329. The van der Waals surface area contributed by atoms with Gasteiger partial charge in [-0.1, -0.05) is 18.2 Å². The van der Waals surface area contributed by atoms with Crippen LogP contribution < -0.4 is 0 Å². The molecule has 0 radical (unpaired) electrons. The largest absolute Gasteiger partial charge is 0.394 e. The fourth-order valence-electron chi connectivity index (χ4n) is 1.15. The summed E-state index contributed by atoms with van der Waals surface area (Å²) in [6.45, 7) is -0.768. The van der Waals surface area contributed by atoms with Crippen molar-refractivity contribution in [2.45, 2.75) is 12.3 Å². The fourth-order valence-corrected chi connectivity index (χ4v) is 1.15. The first-order valence-electron chi connectivity index (χ1n) is 4.74. The van der Waals surface area contributed by atoms with Crippen molar-refractivity contribution in [3.63, 3.8) is 0 Å². The number of nitrogens with zero attached hydrogens (tertiary/aromatic N) is 1. The highest BCUT2D eigenvalue weighted by atomic mass is 16.7. The van der Waals surface area contributed by atoms with Gasteiger partial charge in [0.25, 0.3) is 0 Å². The smallest absolute Gasteiger partial charge is 0.342 e. The highest BCUT2D eigenvalue weighted by Crippen LogP contribution is 2.17. The minimum absolute atomic E-state index is 0.281. The van der Waals surface area contributed by atoms with Crippen molar-refractivity contribution in [3.05, 3.63) is 46.0 Å². The van der Waals surface area contributed by atoms with Crippen LogP contribution in [0.25, 0.3) is 0 Å². The molecule has 1 aromatic carbocycles. The Morgan fingerprint density at radius 2 is 2.00 bits per heavy atom. The van der Waals surface area contributed by atoms with Crippen LogP contribution in [0.5, 0.6) is 0 Å². The maximum Gasteiger partial charge on any atom is 0.342 e. The molecule has 1 aromatic rings. The molecule has 6 heteroatoms. The van der Waals surface area contributed by atoms with E-state index >= 15 is 0 Å². The zero-order chi connectivity index (χ0) is 12.0. The van der Waals surface area contributed by atoms with Crippen LogP contribution in [0.1, 0.15) is 11.8 Å². The van der Waals surface area contributed by atoms with E-state index in [1.807, 2.05) is 0 Å². The molecule has 88 valence electrons. The lowest BCUT2D eigenvalue weighted by molar-refractivity contribution is -0.585. The van der Waals surface area contributed by atoms with Crippen molar-refractivity contribution in [3.8, 4) is 0 Å². The van der Waals surface area contributed by atoms with E-state index in [-0.39, 0.29) is 6.61 Å². The molecule has 1 rings (SSSR count). The molecular weight excluding hydrogens is 214 g/mol. The predicted octanol–water partition coefficient (Wildman–Crippen LogP) is 0.332. The van der Waals surface area contributed by atoms with Gasteiger partial charge in [-0.05, 0) is 12.1 Å². The molecule has 0 aliphatic carbocycles. The lowest BCUT2D eigenvalue weighted by Crippen LogP contribution is -2.24. The molecule has 0 aromatic heterocycles. The zero-order valence-corrected chi connectivity index (χ0v) is 8.52. The van der Waals surface area contributed by atoms with Gasteiger partial charge in [-0.15, -0.1) is 0 Å². The summed E-state index contributed by atoms with van der Waals surface area (Å²) in [5.41, 5.74) is 0.401. The Hall–Kier alpha value is -1.50. The van der Waals surface area contributed by atoms with E-state index in [0.717, 1.165) is 0 Å². The standard InChI is InChI=1S/C10H13NO5/c12-6-9(13)7-16-10(11(14)15)8-4-2-1-3-5-8/h1-5,9-10,12-13H,6-7H2. The summed E-state index contributed by atoms with van der Waals surface area (Å²) >= 11 is 0. The number of aliphatic hydroxyl groups is 2. The van der Waals surface area contributed by atoms with Crippen LogP contribution in [-0.4, -0.2) is 34.5 Å². The molecule has 0 saturated heterocycles. The Labute approximate surface area is 92.2 Å². The Morgan fingerprint density at radius 1 is 1.38 bits per heavy atom. The second kappa shape index (κ2) is 6.16. The fraction of sp³-hybridized carbons (Fsp3) is 0.400. The van der Waals surface area contributed by atoms with Gasteiger partial charge < -0.3 is 14.9 Å². The number of hydrogen-bond acceptors (Lipinski definition) is 5. The van der Waals surface area contributed by atoms with E-state index in [4.69, 9.17) is 14.9 Å². The normalized spacial score (nSPS) is 14.4. The lowest BCUT2D eigenvalue weighted by Gasteiger charge is -2.12. The molecular formula is C10H13NO5. The Morgan fingerprint density at radius 3 is 2.50 bits per heavy atom. The van der Waals surface area contributed by atoms with E-state index in [1.165, 1.54) is 0 Å². The van der Waals surface area contributed by atoms with E-state index in [9.17, 15) is 10.1 Å². The van der Waals surface area contributed by atoms with Gasteiger partial charge in [0.2, 0.25) is 0 Å². The second-order valence-electron chi connectivity index (χ2n) is 3.22. The van der Waals surface area contributed by atoms with Crippen LogP contribution >= 0.6 is 0 Å². The molecule has 0 saturated carbocycles. The molecule has 6 nitrogen and oxygen atoms in total. The first kappa shape index (κ1) is 12.6. The first-order valence-corrected chi connectivity index (χ1v) is 4.74. The summed E-state index contributed by atoms with van der Waals surface area (Å²) in [7, 11) is 0. The number of nitro groups is 1. The van der Waals surface area contributed by atoms with Crippen LogP contribution in [0.4, 0.5) is 0 Å². The van der Waals surface area contributed by atoms with Gasteiger partial charge in [-0.3, -0.25) is 10.1 Å². The molecule has 0 aliphatic heterocycles. The summed E-state index contributed by atoms with van der Waals surface area (Å²) in [5.74, 6) is 0.